The van der Waals surface area contributed by atoms with Gasteiger partial charge in [-0.3, -0.25) is 14.3 Å². The van der Waals surface area contributed by atoms with Crippen LogP contribution >= 0.6 is 0 Å². The van der Waals surface area contributed by atoms with Crippen LogP contribution in [0.3, 0.4) is 0 Å². The van der Waals surface area contributed by atoms with Gasteiger partial charge in [0.1, 0.15) is 0 Å². The molecule has 0 aliphatic heterocycles. The summed E-state index contributed by atoms with van der Waals surface area (Å²) in [4.78, 5) is 23.5. The van der Waals surface area contributed by atoms with Gasteiger partial charge in [-0.05, 0) is 19.3 Å². The van der Waals surface area contributed by atoms with Crippen molar-refractivity contribution in [3.05, 3.63) is 24.0 Å². The summed E-state index contributed by atoms with van der Waals surface area (Å²) in [7, 11) is 1.79. The van der Waals surface area contributed by atoms with Crippen molar-refractivity contribution in [3.63, 3.8) is 0 Å². The van der Waals surface area contributed by atoms with Crippen molar-refractivity contribution in [2.75, 3.05) is 5.32 Å². The molecule has 2 atom stereocenters. The molecule has 1 aliphatic carbocycles. The van der Waals surface area contributed by atoms with Gasteiger partial charge in [0.2, 0.25) is 5.91 Å². The van der Waals surface area contributed by atoms with Crippen molar-refractivity contribution < 1.29 is 14.7 Å². The molecule has 108 valence electrons. The lowest BCUT2D eigenvalue weighted by molar-refractivity contribution is -0.146. The first-order valence-electron chi connectivity index (χ1n) is 6.74. The number of carbonyl (C=O) groups excluding carboxylic acids is 1. The van der Waals surface area contributed by atoms with Gasteiger partial charge >= 0.3 is 5.97 Å². The van der Waals surface area contributed by atoms with E-state index in [1.165, 1.54) is 0 Å². The first kappa shape index (κ1) is 14.3. The van der Waals surface area contributed by atoms with E-state index in [9.17, 15) is 14.7 Å². The van der Waals surface area contributed by atoms with Gasteiger partial charge in [0.15, 0.2) is 0 Å². The molecule has 1 aliphatic rings. The van der Waals surface area contributed by atoms with Crippen LogP contribution in [0, 0.1) is 11.8 Å². The number of nitrogens with one attached hydrogen (secondary N) is 1. The van der Waals surface area contributed by atoms with Crippen molar-refractivity contribution in [1.82, 2.24) is 9.78 Å². The van der Waals surface area contributed by atoms with Crippen LogP contribution in [0.25, 0.3) is 0 Å². The summed E-state index contributed by atoms with van der Waals surface area (Å²) >= 11 is 0. The predicted octanol–water partition coefficient (Wildman–Crippen LogP) is 1.59. The minimum Gasteiger partial charge on any atom is -0.481 e. The highest BCUT2D eigenvalue weighted by Crippen LogP contribution is 2.27. The molecule has 0 bridgehead atoms. The van der Waals surface area contributed by atoms with Crippen molar-refractivity contribution in [2.24, 2.45) is 18.9 Å². The molecule has 2 N–H and O–H groups in total. The Bertz CT molecular complexity index is 548. The van der Waals surface area contributed by atoms with Crippen LogP contribution in [0.1, 0.15) is 25.5 Å². The van der Waals surface area contributed by atoms with Gasteiger partial charge in [-0.25, -0.2) is 0 Å². The number of aromatic nitrogens is 2. The molecule has 6 heteroatoms. The molecule has 20 heavy (non-hydrogen) atoms. The number of amides is 1. The number of anilines is 1. The largest absolute Gasteiger partial charge is 0.481 e. The first-order valence-corrected chi connectivity index (χ1v) is 6.74. The topological polar surface area (TPSA) is 84.2 Å². The standard InChI is InChI=1S/C14H19N3O3/c1-3-11-12(8-17(2)16-11)15-13(18)9-6-4-5-7-10(9)14(19)20/h4-5,8-10H,3,6-7H2,1-2H3,(H,15,18)(H,19,20). The fraction of sp³-hybridized carbons (Fsp3) is 0.500. The summed E-state index contributed by atoms with van der Waals surface area (Å²) < 4.78 is 1.64. The molecular formula is C14H19N3O3. The number of nitrogens with zero attached hydrogens (tertiary/aromatic N) is 2. The lowest BCUT2D eigenvalue weighted by atomic mass is 9.82. The second-order valence-corrected chi connectivity index (χ2v) is 5.00. The van der Waals surface area contributed by atoms with Crippen molar-refractivity contribution in [1.29, 1.82) is 0 Å². The Morgan fingerprint density at radius 2 is 2.05 bits per heavy atom. The summed E-state index contributed by atoms with van der Waals surface area (Å²) in [6, 6.07) is 0. The molecule has 0 saturated carbocycles. The lowest BCUT2D eigenvalue weighted by Gasteiger charge is -2.24. The molecule has 0 aromatic carbocycles. The number of aryl methyl sites for hydroxylation is 2. The Hall–Kier alpha value is -2.11. The van der Waals surface area contributed by atoms with E-state index in [2.05, 4.69) is 10.4 Å². The quantitative estimate of drug-likeness (QED) is 0.818. The zero-order valence-corrected chi connectivity index (χ0v) is 11.7. The van der Waals surface area contributed by atoms with E-state index in [0.717, 1.165) is 5.69 Å². The third-order valence-corrected chi connectivity index (χ3v) is 3.58. The summed E-state index contributed by atoms with van der Waals surface area (Å²) in [5.41, 5.74) is 1.47. The second kappa shape index (κ2) is 5.90. The number of carboxylic acids is 1. The average molecular weight is 277 g/mol. The number of hydrogen-bond acceptors (Lipinski definition) is 3. The Morgan fingerprint density at radius 3 is 2.65 bits per heavy atom. The van der Waals surface area contributed by atoms with Gasteiger partial charge in [-0.1, -0.05) is 19.1 Å². The second-order valence-electron chi connectivity index (χ2n) is 5.00. The normalized spacial score (nSPS) is 21.7. The molecule has 0 spiro atoms. The average Bonchev–Trinajstić information content (AvgIpc) is 2.78. The van der Waals surface area contributed by atoms with Crippen molar-refractivity contribution in [3.8, 4) is 0 Å². The molecule has 2 rings (SSSR count). The Labute approximate surface area is 117 Å². The van der Waals surface area contributed by atoms with Gasteiger partial charge in [0.25, 0.3) is 0 Å². The van der Waals surface area contributed by atoms with Crippen molar-refractivity contribution in [2.45, 2.75) is 26.2 Å². The minimum absolute atomic E-state index is 0.246. The number of rotatable bonds is 4. The minimum atomic E-state index is -0.920. The molecule has 1 aromatic rings. The third-order valence-electron chi connectivity index (χ3n) is 3.58. The smallest absolute Gasteiger partial charge is 0.307 e. The van der Waals surface area contributed by atoms with Gasteiger partial charge in [-0.15, -0.1) is 0 Å². The molecule has 1 aromatic heterocycles. The highest BCUT2D eigenvalue weighted by Gasteiger charge is 2.34. The van der Waals surface area contributed by atoms with E-state index in [1.807, 2.05) is 19.1 Å². The maximum atomic E-state index is 12.3. The number of aliphatic carboxylic acids is 1. The molecule has 1 heterocycles. The fourth-order valence-corrected chi connectivity index (χ4v) is 2.50. The van der Waals surface area contributed by atoms with Gasteiger partial charge in [-0.2, -0.15) is 5.10 Å². The van der Waals surface area contributed by atoms with E-state index < -0.39 is 17.8 Å². The summed E-state index contributed by atoms with van der Waals surface area (Å²) in [6.45, 7) is 1.96. The van der Waals surface area contributed by atoms with E-state index in [1.54, 1.807) is 17.9 Å². The first-order chi connectivity index (χ1) is 9.52. The maximum absolute atomic E-state index is 12.3. The zero-order valence-electron chi connectivity index (χ0n) is 11.7. The lowest BCUT2D eigenvalue weighted by Crippen LogP contribution is -2.34. The third kappa shape index (κ3) is 2.89. The maximum Gasteiger partial charge on any atom is 0.307 e. The number of carboxylic acid groups (broad SMARTS) is 1. The Morgan fingerprint density at radius 1 is 1.40 bits per heavy atom. The van der Waals surface area contributed by atoms with Crippen LogP contribution in [-0.2, 0) is 23.1 Å². The number of allylic oxidation sites excluding steroid dienone is 2. The predicted molar refractivity (Wildman–Crippen MR) is 74.2 cm³/mol. The molecule has 1 amide bonds. The summed E-state index contributed by atoms with van der Waals surface area (Å²) in [5, 5.41) is 16.3. The Balaban J connectivity index is 2.14. The highest BCUT2D eigenvalue weighted by molar-refractivity contribution is 5.95. The van der Waals surface area contributed by atoms with Crippen LogP contribution in [0.4, 0.5) is 5.69 Å². The molecule has 2 unspecified atom stereocenters. The number of carbonyl (C=O) groups is 2. The monoisotopic (exact) mass is 277 g/mol. The Kier molecular flexibility index (Phi) is 4.22. The summed E-state index contributed by atoms with van der Waals surface area (Å²) in [6.07, 6.45) is 7.01. The highest BCUT2D eigenvalue weighted by atomic mass is 16.4. The van der Waals surface area contributed by atoms with E-state index in [0.29, 0.717) is 24.9 Å². The fourth-order valence-electron chi connectivity index (χ4n) is 2.50. The summed E-state index contributed by atoms with van der Waals surface area (Å²) in [5.74, 6) is -2.34. The van der Waals surface area contributed by atoms with Crippen LogP contribution in [-0.4, -0.2) is 26.8 Å². The molecular weight excluding hydrogens is 258 g/mol. The molecule has 0 radical (unpaired) electrons. The molecule has 6 nitrogen and oxygen atoms in total. The zero-order chi connectivity index (χ0) is 14.7. The molecule has 0 saturated heterocycles. The van der Waals surface area contributed by atoms with E-state index >= 15 is 0 Å². The van der Waals surface area contributed by atoms with E-state index in [-0.39, 0.29) is 5.91 Å². The SMILES string of the molecule is CCc1nn(C)cc1NC(=O)C1CC=CCC1C(=O)O. The van der Waals surface area contributed by atoms with Gasteiger partial charge in [0, 0.05) is 13.2 Å². The van der Waals surface area contributed by atoms with Crippen LogP contribution in [0.5, 0.6) is 0 Å². The van der Waals surface area contributed by atoms with E-state index in [4.69, 9.17) is 0 Å². The van der Waals surface area contributed by atoms with Crippen LogP contribution < -0.4 is 5.32 Å². The van der Waals surface area contributed by atoms with Crippen molar-refractivity contribution >= 4 is 17.6 Å². The van der Waals surface area contributed by atoms with Gasteiger partial charge in [0.05, 0.1) is 23.2 Å². The van der Waals surface area contributed by atoms with Gasteiger partial charge < -0.3 is 10.4 Å². The number of hydrogen-bond donors (Lipinski definition) is 2. The van der Waals surface area contributed by atoms with Crippen LogP contribution in [0.2, 0.25) is 0 Å². The molecule has 0 fully saturated rings. The van der Waals surface area contributed by atoms with Crippen LogP contribution in [0.15, 0.2) is 18.3 Å².